The number of hydrogen-bond acceptors (Lipinski definition) is 3. The van der Waals surface area contributed by atoms with Crippen LogP contribution in [0.2, 0.25) is 0 Å². The number of nitrogens with zero attached hydrogens (tertiary/aromatic N) is 1. The normalized spacial score (nSPS) is 16.2. The molecule has 1 aliphatic rings. The molecule has 2 nitrogen and oxygen atoms in total. The Kier molecular flexibility index (Phi) is 3.76. The summed E-state index contributed by atoms with van der Waals surface area (Å²) in [6.45, 7) is 1.53. The maximum Gasteiger partial charge on any atom is 0.253 e. The summed E-state index contributed by atoms with van der Waals surface area (Å²) in [5.74, 6) is 1.52. The van der Waals surface area contributed by atoms with E-state index in [4.69, 9.17) is 0 Å². The highest BCUT2D eigenvalue weighted by molar-refractivity contribution is 7.99. The molecule has 0 N–H and O–H groups in total. The molecule has 0 aromatic heterocycles. The van der Waals surface area contributed by atoms with E-state index in [1.807, 2.05) is 11.8 Å². The molecular weight excluding hydrogens is 245 g/mol. The molecule has 0 spiro atoms. The van der Waals surface area contributed by atoms with Gasteiger partial charge in [-0.05, 0) is 18.2 Å². The van der Waals surface area contributed by atoms with E-state index in [9.17, 15) is 9.18 Å². The van der Waals surface area contributed by atoms with Gasteiger partial charge in [0.05, 0.1) is 0 Å². The lowest BCUT2D eigenvalue weighted by atomic mass is 10.2. The van der Waals surface area contributed by atoms with Crippen LogP contribution in [-0.4, -0.2) is 35.4 Å². The molecule has 16 heavy (non-hydrogen) atoms. The topological polar surface area (TPSA) is 20.3 Å². The van der Waals surface area contributed by atoms with Gasteiger partial charge in [-0.1, -0.05) is 0 Å². The summed E-state index contributed by atoms with van der Waals surface area (Å²) in [7, 11) is 0. The van der Waals surface area contributed by atoms with Crippen molar-refractivity contribution in [3.8, 4) is 0 Å². The van der Waals surface area contributed by atoms with Crippen LogP contribution in [0.4, 0.5) is 4.39 Å². The fourth-order valence-electron chi connectivity index (χ4n) is 1.59. The average Bonchev–Trinajstić information content (AvgIpc) is 2.33. The maximum absolute atomic E-state index is 13.0. The lowest BCUT2D eigenvalue weighted by Gasteiger charge is -2.26. The summed E-state index contributed by atoms with van der Waals surface area (Å²) in [5, 5.41) is 0. The van der Waals surface area contributed by atoms with Crippen molar-refractivity contribution in [1.82, 2.24) is 4.90 Å². The van der Waals surface area contributed by atoms with E-state index in [0.29, 0.717) is 5.56 Å². The number of halogens is 1. The number of carbonyl (C=O) groups is 1. The molecule has 0 unspecified atom stereocenters. The quantitative estimate of drug-likeness (QED) is 0.779. The Morgan fingerprint density at radius 1 is 1.38 bits per heavy atom. The molecule has 86 valence electrons. The van der Waals surface area contributed by atoms with Crippen LogP contribution >= 0.6 is 24.4 Å². The van der Waals surface area contributed by atoms with Crippen molar-refractivity contribution < 1.29 is 9.18 Å². The first-order valence-corrected chi connectivity index (χ1v) is 6.64. The van der Waals surface area contributed by atoms with Gasteiger partial charge in [-0.2, -0.15) is 11.8 Å². The second kappa shape index (κ2) is 5.10. The number of rotatable bonds is 1. The molecule has 1 heterocycles. The molecule has 2 rings (SSSR count). The molecule has 0 atom stereocenters. The van der Waals surface area contributed by atoms with Gasteiger partial charge in [-0.25, -0.2) is 4.39 Å². The molecule has 5 heteroatoms. The first kappa shape index (κ1) is 11.8. The van der Waals surface area contributed by atoms with Crippen LogP contribution in [0, 0.1) is 5.82 Å². The second-order valence-corrected chi connectivity index (χ2v) is 5.28. The van der Waals surface area contributed by atoms with Crippen LogP contribution in [0.1, 0.15) is 10.4 Å². The van der Waals surface area contributed by atoms with Crippen molar-refractivity contribution in [2.45, 2.75) is 4.90 Å². The summed E-state index contributed by atoms with van der Waals surface area (Å²) >= 11 is 5.82. The Morgan fingerprint density at radius 3 is 2.69 bits per heavy atom. The number of benzene rings is 1. The number of thiol groups is 1. The molecule has 0 radical (unpaired) electrons. The fraction of sp³-hybridized carbons (Fsp3) is 0.364. The van der Waals surface area contributed by atoms with Crippen molar-refractivity contribution in [1.29, 1.82) is 0 Å². The third kappa shape index (κ3) is 2.52. The van der Waals surface area contributed by atoms with E-state index in [2.05, 4.69) is 12.6 Å². The molecule has 1 aromatic rings. The van der Waals surface area contributed by atoms with Crippen molar-refractivity contribution in [2.75, 3.05) is 24.6 Å². The zero-order valence-electron chi connectivity index (χ0n) is 8.65. The molecule has 0 saturated carbocycles. The first-order chi connectivity index (χ1) is 7.68. The minimum atomic E-state index is -0.394. The molecule has 1 saturated heterocycles. The Balaban J connectivity index is 2.16. The second-order valence-electron chi connectivity index (χ2n) is 3.57. The fourth-order valence-corrected chi connectivity index (χ4v) is 2.71. The summed E-state index contributed by atoms with van der Waals surface area (Å²) in [6, 6.07) is 4.29. The van der Waals surface area contributed by atoms with Gasteiger partial charge in [-0.3, -0.25) is 4.79 Å². The Hall–Kier alpha value is -0.680. The predicted molar refractivity (Wildman–Crippen MR) is 66.9 cm³/mol. The van der Waals surface area contributed by atoms with Gasteiger partial charge in [-0.15, -0.1) is 12.6 Å². The smallest absolute Gasteiger partial charge is 0.253 e. The summed E-state index contributed by atoms with van der Waals surface area (Å²) in [5.41, 5.74) is 0.512. The average molecular weight is 257 g/mol. The van der Waals surface area contributed by atoms with Crippen molar-refractivity contribution in [2.24, 2.45) is 0 Å². The first-order valence-electron chi connectivity index (χ1n) is 5.04. The van der Waals surface area contributed by atoms with Gasteiger partial charge in [0.1, 0.15) is 5.82 Å². The van der Waals surface area contributed by atoms with Gasteiger partial charge in [0.25, 0.3) is 5.91 Å². The summed E-state index contributed by atoms with van der Waals surface area (Å²) in [6.07, 6.45) is 0. The highest BCUT2D eigenvalue weighted by Crippen LogP contribution is 2.17. The molecule has 0 aliphatic carbocycles. The largest absolute Gasteiger partial charge is 0.337 e. The van der Waals surface area contributed by atoms with Crippen LogP contribution in [0.5, 0.6) is 0 Å². The van der Waals surface area contributed by atoms with E-state index < -0.39 is 5.82 Å². The van der Waals surface area contributed by atoms with E-state index in [1.54, 1.807) is 4.90 Å². The Morgan fingerprint density at radius 2 is 2.06 bits per heavy atom. The lowest BCUT2D eigenvalue weighted by Crippen LogP contribution is -2.37. The highest BCUT2D eigenvalue weighted by Gasteiger charge is 2.18. The molecule has 1 amide bonds. The van der Waals surface area contributed by atoms with Crippen LogP contribution in [0.25, 0.3) is 0 Å². The standard InChI is InChI=1S/C11H12FNOS2/c12-9-2-1-8(7-10(9)15)11(14)13-3-5-16-6-4-13/h1-2,7,15H,3-6H2. The number of hydrogen-bond donors (Lipinski definition) is 1. The van der Waals surface area contributed by atoms with Crippen LogP contribution in [0.15, 0.2) is 23.1 Å². The van der Waals surface area contributed by atoms with E-state index in [0.717, 1.165) is 24.6 Å². The minimum absolute atomic E-state index is 0.0319. The molecular formula is C11H12FNOS2. The number of amides is 1. The predicted octanol–water partition coefficient (Wildman–Crippen LogP) is 2.30. The minimum Gasteiger partial charge on any atom is -0.337 e. The van der Waals surface area contributed by atoms with Gasteiger partial charge in [0.15, 0.2) is 0 Å². The Labute approximate surface area is 104 Å². The molecule has 1 aromatic carbocycles. The van der Waals surface area contributed by atoms with Crippen molar-refractivity contribution in [3.63, 3.8) is 0 Å². The van der Waals surface area contributed by atoms with E-state index in [-0.39, 0.29) is 10.8 Å². The molecule has 0 bridgehead atoms. The molecule has 1 fully saturated rings. The number of thioether (sulfide) groups is 1. The van der Waals surface area contributed by atoms with E-state index in [1.165, 1.54) is 18.2 Å². The van der Waals surface area contributed by atoms with E-state index >= 15 is 0 Å². The van der Waals surface area contributed by atoms with Gasteiger partial charge < -0.3 is 4.90 Å². The highest BCUT2D eigenvalue weighted by atomic mass is 32.2. The van der Waals surface area contributed by atoms with Gasteiger partial charge in [0, 0.05) is 35.1 Å². The maximum atomic E-state index is 13.0. The Bertz CT molecular complexity index is 405. The monoisotopic (exact) mass is 257 g/mol. The van der Waals surface area contributed by atoms with Crippen molar-refractivity contribution in [3.05, 3.63) is 29.6 Å². The summed E-state index contributed by atoms with van der Waals surface area (Å²) < 4.78 is 13.0. The number of carbonyl (C=O) groups excluding carboxylic acids is 1. The zero-order chi connectivity index (χ0) is 11.5. The van der Waals surface area contributed by atoms with Crippen LogP contribution in [-0.2, 0) is 0 Å². The molecule has 1 aliphatic heterocycles. The SMILES string of the molecule is O=C(c1ccc(F)c(S)c1)N1CCSCC1. The zero-order valence-corrected chi connectivity index (χ0v) is 10.4. The lowest BCUT2D eigenvalue weighted by molar-refractivity contribution is 0.0772. The van der Waals surface area contributed by atoms with Gasteiger partial charge in [0.2, 0.25) is 0 Å². The van der Waals surface area contributed by atoms with Gasteiger partial charge >= 0.3 is 0 Å². The van der Waals surface area contributed by atoms with Crippen LogP contribution in [0.3, 0.4) is 0 Å². The van der Waals surface area contributed by atoms with Crippen molar-refractivity contribution >= 4 is 30.3 Å². The summed E-state index contributed by atoms with van der Waals surface area (Å²) in [4.78, 5) is 14.0. The third-order valence-electron chi connectivity index (χ3n) is 2.49. The third-order valence-corrected chi connectivity index (χ3v) is 3.78. The van der Waals surface area contributed by atoms with Crippen LogP contribution < -0.4 is 0 Å².